The highest BCUT2D eigenvalue weighted by Gasteiger charge is 2.23. The van der Waals surface area contributed by atoms with Crippen LogP contribution < -0.4 is 10.2 Å². The average Bonchev–Trinajstić information content (AvgIpc) is 3.02. The molecule has 2 aromatic carbocycles. The summed E-state index contributed by atoms with van der Waals surface area (Å²) in [6, 6.07) is 12.4. The van der Waals surface area contributed by atoms with E-state index in [9.17, 15) is 9.59 Å². The van der Waals surface area contributed by atoms with E-state index in [1.165, 1.54) is 0 Å². The van der Waals surface area contributed by atoms with Crippen LogP contribution >= 0.6 is 23.2 Å². The lowest BCUT2D eigenvalue weighted by molar-refractivity contribution is -0.121. The van der Waals surface area contributed by atoms with Gasteiger partial charge in [-0.05, 0) is 36.2 Å². The minimum absolute atomic E-state index is 0.0664. The van der Waals surface area contributed by atoms with E-state index >= 15 is 0 Å². The Balaban J connectivity index is 1.53. The lowest BCUT2D eigenvalue weighted by Crippen LogP contribution is -2.24. The van der Waals surface area contributed by atoms with Crippen LogP contribution in [0.2, 0.25) is 10.0 Å². The lowest BCUT2D eigenvalue weighted by atomic mass is 10.2. The Kier molecular flexibility index (Phi) is 6.14. The Bertz CT molecular complexity index is 826. The maximum absolute atomic E-state index is 12.0. The first-order chi connectivity index (χ1) is 12.5. The predicted octanol–water partition coefficient (Wildman–Crippen LogP) is 4.28. The Morgan fingerprint density at radius 2 is 1.96 bits per heavy atom. The topological polar surface area (TPSA) is 58.6 Å². The number of halogens is 2. The standard InChI is InChI=1S/C19H18Cl2N2O3/c20-15-5-2-1-4-13(15)11-26-12-18(24)22-14-7-8-17(16(21)10-14)23-9-3-6-19(23)25/h1-2,4-5,7-8,10H,3,6,9,11-12H2,(H,22,24). The van der Waals surface area contributed by atoms with Gasteiger partial charge in [0.25, 0.3) is 0 Å². The van der Waals surface area contributed by atoms with Gasteiger partial charge in [-0.15, -0.1) is 0 Å². The summed E-state index contributed by atoms with van der Waals surface area (Å²) in [6.45, 7) is 0.819. The van der Waals surface area contributed by atoms with Gasteiger partial charge in [0.15, 0.2) is 0 Å². The number of rotatable bonds is 6. The number of benzene rings is 2. The van der Waals surface area contributed by atoms with Crippen molar-refractivity contribution in [3.63, 3.8) is 0 Å². The molecule has 3 rings (SSSR count). The van der Waals surface area contributed by atoms with Gasteiger partial charge < -0.3 is 15.0 Å². The van der Waals surface area contributed by atoms with Crippen molar-refractivity contribution < 1.29 is 14.3 Å². The molecule has 0 saturated carbocycles. The molecule has 7 heteroatoms. The molecule has 0 unspecified atom stereocenters. The third-order valence-corrected chi connectivity index (χ3v) is 4.72. The smallest absolute Gasteiger partial charge is 0.250 e. The van der Waals surface area contributed by atoms with E-state index in [4.69, 9.17) is 27.9 Å². The summed E-state index contributed by atoms with van der Waals surface area (Å²) < 4.78 is 5.40. The summed E-state index contributed by atoms with van der Waals surface area (Å²) in [6.07, 6.45) is 1.37. The van der Waals surface area contributed by atoms with Gasteiger partial charge in [0, 0.05) is 23.7 Å². The Labute approximate surface area is 161 Å². The van der Waals surface area contributed by atoms with Crippen LogP contribution in [0.15, 0.2) is 42.5 Å². The fraction of sp³-hybridized carbons (Fsp3) is 0.263. The fourth-order valence-corrected chi connectivity index (χ4v) is 3.25. The molecule has 1 aliphatic heterocycles. The van der Waals surface area contributed by atoms with Crippen molar-refractivity contribution >= 4 is 46.4 Å². The summed E-state index contributed by atoms with van der Waals surface area (Å²) in [4.78, 5) is 25.5. The van der Waals surface area contributed by atoms with Gasteiger partial charge in [0.2, 0.25) is 11.8 Å². The molecule has 0 bridgehead atoms. The first-order valence-corrected chi connectivity index (χ1v) is 9.01. The number of anilines is 2. The van der Waals surface area contributed by atoms with Crippen LogP contribution in [0.25, 0.3) is 0 Å². The highest BCUT2D eigenvalue weighted by Crippen LogP contribution is 2.31. The van der Waals surface area contributed by atoms with Gasteiger partial charge in [0.1, 0.15) is 6.61 Å². The number of nitrogens with one attached hydrogen (secondary N) is 1. The van der Waals surface area contributed by atoms with Gasteiger partial charge in [0.05, 0.1) is 17.3 Å². The molecule has 0 atom stereocenters. The van der Waals surface area contributed by atoms with Gasteiger partial charge >= 0.3 is 0 Å². The average molecular weight is 393 g/mol. The SMILES string of the molecule is O=C(COCc1ccccc1Cl)Nc1ccc(N2CCCC2=O)c(Cl)c1. The van der Waals surface area contributed by atoms with Crippen LogP contribution in [-0.2, 0) is 20.9 Å². The van der Waals surface area contributed by atoms with Gasteiger partial charge in [-0.25, -0.2) is 0 Å². The summed E-state index contributed by atoms with van der Waals surface area (Å²) in [5, 5.41) is 3.76. The zero-order chi connectivity index (χ0) is 18.5. The minimum Gasteiger partial charge on any atom is -0.367 e. The summed E-state index contributed by atoms with van der Waals surface area (Å²) in [5.41, 5.74) is 2.04. The number of hydrogen-bond donors (Lipinski definition) is 1. The zero-order valence-corrected chi connectivity index (χ0v) is 15.5. The fourth-order valence-electron chi connectivity index (χ4n) is 2.77. The van der Waals surface area contributed by atoms with Crippen molar-refractivity contribution in [2.45, 2.75) is 19.4 Å². The second-order valence-electron chi connectivity index (χ2n) is 5.95. The lowest BCUT2D eigenvalue weighted by Gasteiger charge is -2.18. The number of hydrogen-bond acceptors (Lipinski definition) is 3. The number of carbonyl (C=O) groups is 2. The molecule has 1 saturated heterocycles. The first kappa shape index (κ1) is 18.7. The quantitative estimate of drug-likeness (QED) is 0.797. The molecular weight excluding hydrogens is 375 g/mol. The van der Waals surface area contributed by atoms with Crippen molar-refractivity contribution in [1.29, 1.82) is 0 Å². The molecule has 1 aliphatic rings. The van der Waals surface area contributed by atoms with E-state index in [2.05, 4.69) is 5.32 Å². The molecule has 1 N–H and O–H groups in total. The molecule has 26 heavy (non-hydrogen) atoms. The van der Waals surface area contributed by atoms with E-state index in [-0.39, 0.29) is 25.0 Å². The number of ether oxygens (including phenoxy) is 1. The minimum atomic E-state index is -0.293. The molecule has 0 radical (unpaired) electrons. The van der Waals surface area contributed by atoms with E-state index < -0.39 is 0 Å². The van der Waals surface area contributed by atoms with E-state index in [0.717, 1.165) is 12.0 Å². The Morgan fingerprint density at radius 1 is 1.15 bits per heavy atom. The van der Waals surface area contributed by atoms with Gasteiger partial charge in [-0.3, -0.25) is 9.59 Å². The molecule has 0 spiro atoms. The van der Waals surface area contributed by atoms with Crippen molar-refractivity contribution in [2.24, 2.45) is 0 Å². The molecule has 1 fully saturated rings. The highest BCUT2D eigenvalue weighted by molar-refractivity contribution is 6.34. The maximum atomic E-state index is 12.0. The van der Waals surface area contributed by atoms with E-state index in [1.807, 2.05) is 18.2 Å². The molecule has 2 aromatic rings. The molecular formula is C19H18Cl2N2O3. The van der Waals surface area contributed by atoms with Crippen LogP contribution in [0.1, 0.15) is 18.4 Å². The molecule has 0 aromatic heterocycles. The molecule has 5 nitrogen and oxygen atoms in total. The Hall–Kier alpha value is -2.08. The maximum Gasteiger partial charge on any atom is 0.250 e. The van der Waals surface area contributed by atoms with Crippen LogP contribution in [-0.4, -0.2) is 25.0 Å². The number of nitrogens with zero attached hydrogens (tertiary/aromatic N) is 1. The van der Waals surface area contributed by atoms with Crippen molar-refractivity contribution in [2.75, 3.05) is 23.4 Å². The first-order valence-electron chi connectivity index (χ1n) is 8.25. The van der Waals surface area contributed by atoms with Gasteiger partial charge in [-0.2, -0.15) is 0 Å². The van der Waals surface area contributed by atoms with Crippen LogP contribution in [0.5, 0.6) is 0 Å². The molecule has 136 valence electrons. The van der Waals surface area contributed by atoms with Crippen molar-refractivity contribution in [3.05, 3.63) is 58.1 Å². The number of carbonyl (C=O) groups excluding carboxylic acids is 2. The largest absolute Gasteiger partial charge is 0.367 e. The monoisotopic (exact) mass is 392 g/mol. The highest BCUT2D eigenvalue weighted by atomic mass is 35.5. The van der Waals surface area contributed by atoms with Crippen molar-refractivity contribution in [1.82, 2.24) is 0 Å². The second-order valence-corrected chi connectivity index (χ2v) is 6.76. The third-order valence-electron chi connectivity index (χ3n) is 4.04. The van der Waals surface area contributed by atoms with Crippen LogP contribution in [0.4, 0.5) is 11.4 Å². The predicted molar refractivity (Wildman–Crippen MR) is 103 cm³/mol. The van der Waals surface area contributed by atoms with E-state index in [0.29, 0.717) is 34.4 Å². The third kappa shape index (κ3) is 4.55. The van der Waals surface area contributed by atoms with E-state index in [1.54, 1.807) is 29.2 Å². The second kappa shape index (κ2) is 8.54. The number of amides is 2. The molecule has 0 aliphatic carbocycles. The molecule has 2 amide bonds. The normalized spacial score (nSPS) is 13.9. The summed E-state index contributed by atoms with van der Waals surface area (Å²) in [5.74, 6) is -0.227. The summed E-state index contributed by atoms with van der Waals surface area (Å²) in [7, 11) is 0. The van der Waals surface area contributed by atoms with Gasteiger partial charge in [-0.1, -0.05) is 41.4 Å². The summed E-state index contributed by atoms with van der Waals surface area (Å²) >= 11 is 12.3. The Morgan fingerprint density at radius 3 is 2.65 bits per heavy atom. The van der Waals surface area contributed by atoms with Crippen LogP contribution in [0.3, 0.4) is 0 Å². The zero-order valence-electron chi connectivity index (χ0n) is 14.0. The molecule has 1 heterocycles. The van der Waals surface area contributed by atoms with Crippen LogP contribution in [0, 0.1) is 0 Å². The van der Waals surface area contributed by atoms with Crippen molar-refractivity contribution in [3.8, 4) is 0 Å².